The Hall–Kier alpha value is -0.120. The minimum atomic E-state index is 0.619. The van der Waals surface area contributed by atoms with E-state index in [0.717, 1.165) is 6.04 Å². The molecule has 2 N–H and O–H groups in total. The molecule has 0 aromatic carbocycles. The van der Waals surface area contributed by atoms with Crippen molar-refractivity contribution in [3.05, 3.63) is 0 Å². The minimum absolute atomic E-state index is 0.619. The Morgan fingerprint density at radius 2 is 2.00 bits per heavy atom. The van der Waals surface area contributed by atoms with Crippen molar-refractivity contribution in [2.75, 3.05) is 19.6 Å². The molecule has 0 aromatic heterocycles. The predicted octanol–water partition coefficient (Wildman–Crippen LogP) is 1.90. The topological polar surface area (TPSA) is 27.3 Å². The van der Waals surface area contributed by atoms with Gasteiger partial charge in [-0.3, -0.25) is 5.43 Å². The van der Waals surface area contributed by atoms with E-state index in [2.05, 4.69) is 22.7 Å². The third kappa shape index (κ3) is 4.04. The van der Waals surface area contributed by atoms with Gasteiger partial charge in [0.1, 0.15) is 0 Å². The number of hydrogen-bond donors (Lipinski definition) is 2. The first-order valence-corrected chi connectivity index (χ1v) is 7.09. The lowest BCUT2D eigenvalue weighted by molar-refractivity contribution is 0.124. The average Bonchev–Trinajstić information content (AvgIpc) is 2.31. The first-order chi connectivity index (χ1) is 7.84. The Morgan fingerprint density at radius 3 is 2.69 bits per heavy atom. The summed E-state index contributed by atoms with van der Waals surface area (Å²) in [4.78, 5) is 0. The maximum absolute atomic E-state index is 3.66. The number of nitrogens with zero attached hydrogens (tertiary/aromatic N) is 1. The molecule has 2 rings (SSSR count). The van der Waals surface area contributed by atoms with Crippen LogP contribution < -0.4 is 10.7 Å². The highest BCUT2D eigenvalue weighted by Crippen LogP contribution is 2.13. The Balaban J connectivity index is 1.64. The highest BCUT2D eigenvalue weighted by atomic mass is 15.5. The summed E-state index contributed by atoms with van der Waals surface area (Å²) < 4.78 is 0. The second-order valence-electron chi connectivity index (χ2n) is 5.46. The van der Waals surface area contributed by atoms with Crippen molar-refractivity contribution in [1.82, 2.24) is 15.8 Å². The lowest BCUT2D eigenvalue weighted by atomic mass is 9.99. The van der Waals surface area contributed by atoms with Gasteiger partial charge < -0.3 is 5.32 Å². The molecule has 0 spiro atoms. The van der Waals surface area contributed by atoms with Gasteiger partial charge in [-0.05, 0) is 45.6 Å². The van der Waals surface area contributed by atoms with Gasteiger partial charge in [-0.2, -0.15) is 0 Å². The zero-order chi connectivity index (χ0) is 11.2. The Kier molecular flexibility index (Phi) is 5.07. The number of hydrogen-bond acceptors (Lipinski definition) is 3. The van der Waals surface area contributed by atoms with Gasteiger partial charge in [-0.25, -0.2) is 5.01 Å². The van der Waals surface area contributed by atoms with E-state index in [1.54, 1.807) is 0 Å². The third-order valence-corrected chi connectivity index (χ3v) is 3.81. The van der Waals surface area contributed by atoms with Crippen LogP contribution in [0, 0.1) is 0 Å². The molecule has 0 aliphatic carbocycles. The highest BCUT2D eigenvalue weighted by Gasteiger charge is 2.18. The summed E-state index contributed by atoms with van der Waals surface area (Å²) in [5.41, 5.74) is 3.66. The molecule has 0 saturated carbocycles. The summed E-state index contributed by atoms with van der Waals surface area (Å²) in [6, 6.07) is 1.37. The van der Waals surface area contributed by atoms with Gasteiger partial charge in [-0.1, -0.05) is 12.8 Å². The van der Waals surface area contributed by atoms with Crippen LogP contribution in [0.1, 0.15) is 51.9 Å². The molecule has 0 aromatic rings. The van der Waals surface area contributed by atoms with E-state index in [1.807, 2.05) is 0 Å². The quantitative estimate of drug-likeness (QED) is 0.765. The summed E-state index contributed by atoms with van der Waals surface area (Å²) in [5, 5.41) is 6.06. The van der Waals surface area contributed by atoms with Gasteiger partial charge >= 0.3 is 0 Å². The van der Waals surface area contributed by atoms with Crippen molar-refractivity contribution in [1.29, 1.82) is 0 Å². The number of nitrogens with one attached hydrogen (secondary N) is 2. The molecule has 94 valence electrons. The molecule has 2 unspecified atom stereocenters. The Labute approximate surface area is 99.9 Å². The van der Waals surface area contributed by atoms with Crippen molar-refractivity contribution < 1.29 is 0 Å². The fraction of sp³-hybridized carbons (Fsp3) is 1.00. The van der Waals surface area contributed by atoms with Crippen LogP contribution in [0.5, 0.6) is 0 Å². The molecule has 0 bridgehead atoms. The Bertz CT molecular complexity index is 164. The van der Waals surface area contributed by atoms with E-state index in [4.69, 9.17) is 0 Å². The molecule has 0 radical (unpaired) electrons. The second kappa shape index (κ2) is 6.58. The van der Waals surface area contributed by atoms with Crippen molar-refractivity contribution in [2.24, 2.45) is 0 Å². The molecule has 3 heteroatoms. The number of hydrazine groups is 1. The van der Waals surface area contributed by atoms with E-state index in [9.17, 15) is 0 Å². The van der Waals surface area contributed by atoms with Gasteiger partial charge in [0.15, 0.2) is 0 Å². The van der Waals surface area contributed by atoms with E-state index in [-0.39, 0.29) is 0 Å². The second-order valence-corrected chi connectivity index (χ2v) is 5.46. The van der Waals surface area contributed by atoms with Crippen molar-refractivity contribution in [3.63, 3.8) is 0 Å². The van der Waals surface area contributed by atoms with Gasteiger partial charge in [-0.15, -0.1) is 0 Å². The van der Waals surface area contributed by atoms with E-state index < -0.39 is 0 Å². The molecular formula is C13H27N3. The molecule has 2 atom stereocenters. The van der Waals surface area contributed by atoms with Crippen LogP contribution in [0.25, 0.3) is 0 Å². The molecule has 2 saturated heterocycles. The maximum atomic E-state index is 3.66. The fourth-order valence-electron chi connectivity index (χ4n) is 2.94. The zero-order valence-corrected chi connectivity index (χ0v) is 10.7. The summed E-state index contributed by atoms with van der Waals surface area (Å²) in [7, 11) is 0. The fourth-order valence-corrected chi connectivity index (χ4v) is 2.94. The van der Waals surface area contributed by atoms with E-state index in [1.165, 1.54) is 64.6 Å². The lowest BCUT2D eigenvalue weighted by Crippen LogP contribution is -2.48. The monoisotopic (exact) mass is 225 g/mol. The van der Waals surface area contributed by atoms with Crippen molar-refractivity contribution >= 4 is 0 Å². The molecule has 2 aliphatic rings. The van der Waals surface area contributed by atoms with Crippen LogP contribution in [-0.4, -0.2) is 36.7 Å². The molecule has 3 nitrogen and oxygen atoms in total. The third-order valence-electron chi connectivity index (χ3n) is 3.81. The van der Waals surface area contributed by atoms with Crippen LogP contribution in [0.15, 0.2) is 0 Å². The molecule has 0 amide bonds. The van der Waals surface area contributed by atoms with Gasteiger partial charge in [0.25, 0.3) is 0 Å². The maximum Gasteiger partial charge on any atom is 0.0201 e. The van der Waals surface area contributed by atoms with E-state index >= 15 is 0 Å². The normalized spacial score (nSPS) is 30.2. The first kappa shape index (κ1) is 12.3. The van der Waals surface area contributed by atoms with Crippen LogP contribution in [0.3, 0.4) is 0 Å². The summed E-state index contributed by atoms with van der Waals surface area (Å²) >= 11 is 0. The standard InChI is InChI=1S/C13H27N3/c1-12(11-13-7-3-4-8-14-13)15-16-9-5-2-6-10-16/h12-15H,2-11H2,1H3. The van der Waals surface area contributed by atoms with Crippen LogP contribution in [0.4, 0.5) is 0 Å². The molecular weight excluding hydrogens is 198 g/mol. The van der Waals surface area contributed by atoms with E-state index in [0.29, 0.717) is 6.04 Å². The largest absolute Gasteiger partial charge is 0.314 e. The molecule has 2 aliphatic heterocycles. The zero-order valence-electron chi connectivity index (χ0n) is 10.7. The highest BCUT2D eigenvalue weighted by molar-refractivity contribution is 4.77. The smallest absolute Gasteiger partial charge is 0.0201 e. The lowest BCUT2D eigenvalue weighted by Gasteiger charge is -2.33. The Morgan fingerprint density at radius 1 is 1.19 bits per heavy atom. The minimum Gasteiger partial charge on any atom is -0.314 e. The number of rotatable bonds is 4. The van der Waals surface area contributed by atoms with Gasteiger partial charge in [0.05, 0.1) is 0 Å². The molecule has 2 fully saturated rings. The summed E-state index contributed by atoms with van der Waals surface area (Å²) in [6.07, 6.45) is 9.56. The van der Waals surface area contributed by atoms with Gasteiger partial charge in [0, 0.05) is 25.2 Å². The van der Waals surface area contributed by atoms with Crippen LogP contribution in [0.2, 0.25) is 0 Å². The molecule has 2 heterocycles. The summed E-state index contributed by atoms with van der Waals surface area (Å²) in [6.45, 7) is 6.02. The van der Waals surface area contributed by atoms with Crippen LogP contribution in [-0.2, 0) is 0 Å². The van der Waals surface area contributed by atoms with Crippen LogP contribution >= 0.6 is 0 Å². The average molecular weight is 225 g/mol. The van der Waals surface area contributed by atoms with Crippen molar-refractivity contribution in [3.8, 4) is 0 Å². The summed E-state index contributed by atoms with van der Waals surface area (Å²) in [5.74, 6) is 0. The SMILES string of the molecule is CC(CC1CCCCN1)NN1CCCCC1. The molecule has 16 heavy (non-hydrogen) atoms. The van der Waals surface area contributed by atoms with Gasteiger partial charge in [0.2, 0.25) is 0 Å². The predicted molar refractivity (Wildman–Crippen MR) is 68.3 cm³/mol. The number of piperidine rings is 2. The van der Waals surface area contributed by atoms with Crippen molar-refractivity contribution in [2.45, 2.75) is 64.0 Å². The first-order valence-electron chi connectivity index (χ1n) is 7.09.